The minimum Gasteiger partial charge on any atom is -0.486 e. The van der Waals surface area contributed by atoms with Crippen LogP contribution in [0.25, 0.3) is 0 Å². The van der Waals surface area contributed by atoms with E-state index in [0.29, 0.717) is 37.1 Å². The first-order valence-corrected chi connectivity index (χ1v) is 10.2. The maximum absolute atomic E-state index is 12.5. The van der Waals surface area contributed by atoms with Crippen molar-refractivity contribution in [1.82, 2.24) is 10.2 Å². The molecule has 1 unspecified atom stereocenters. The Morgan fingerprint density at radius 3 is 2.41 bits per heavy atom. The maximum atomic E-state index is 12.5. The number of carbonyl (C=O) groups excluding carboxylic acids is 2. The Morgan fingerprint density at radius 2 is 1.66 bits per heavy atom. The first kappa shape index (κ1) is 19.3. The summed E-state index contributed by atoms with van der Waals surface area (Å²) in [5.74, 6) is 0.876. The van der Waals surface area contributed by atoms with Crippen molar-refractivity contribution in [2.75, 3.05) is 26.2 Å². The van der Waals surface area contributed by atoms with Gasteiger partial charge in [-0.1, -0.05) is 42.5 Å². The number of likely N-dealkylation sites (tertiary alicyclic amines) is 1. The Kier molecular flexibility index (Phi) is 5.98. The highest BCUT2D eigenvalue weighted by molar-refractivity contribution is 6.35. The van der Waals surface area contributed by atoms with Gasteiger partial charge in [-0.25, -0.2) is 0 Å². The average Bonchev–Trinajstić information content (AvgIpc) is 2.78. The highest BCUT2D eigenvalue weighted by Crippen LogP contribution is 2.30. The van der Waals surface area contributed by atoms with Crippen molar-refractivity contribution in [3.63, 3.8) is 0 Å². The number of amides is 2. The Morgan fingerprint density at radius 1 is 0.966 bits per heavy atom. The minimum absolute atomic E-state index is 0.239. The van der Waals surface area contributed by atoms with Gasteiger partial charge < -0.3 is 19.7 Å². The van der Waals surface area contributed by atoms with E-state index in [0.717, 1.165) is 19.3 Å². The first-order valence-electron chi connectivity index (χ1n) is 10.2. The van der Waals surface area contributed by atoms with Crippen LogP contribution in [-0.4, -0.2) is 49.1 Å². The van der Waals surface area contributed by atoms with Crippen LogP contribution in [0.2, 0.25) is 0 Å². The van der Waals surface area contributed by atoms with Gasteiger partial charge in [0.05, 0.1) is 6.54 Å². The van der Waals surface area contributed by atoms with Gasteiger partial charge in [-0.05, 0) is 42.9 Å². The van der Waals surface area contributed by atoms with E-state index >= 15 is 0 Å². The Balaban J connectivity index is 1.21. The minimum atomic E-state index is -0.575. The summed E-state index contributed by atoms with van der Waals surface area (Å²) < 4.78 is 11.4. The van der Waals surface area contributed by atoms with Crippen LogP contribution in [0.5, 0.6) is 11.5 Å². The molecule has 0 aromatic heterocycles. The lowest BCUT2D eigenvalue weighted by molar-refractivity contribution is -0.147. The standard InChI is InChI=1S/C23H26N2O4/c26-22(24-15-19-16-28-20-8-4-5-9-21(20)29-19)23(27)25-12-10-18(11-13-25)14-17-6-2-1-3-7-17/h1-9,18-19H,10-16H2,(H,24,26). The summed E-state index contributed by atoms with van der Waals surface area (Å²) in [6.45, 7) is 1.83. The number of nitrogens with zero attached hydrogens (tertiary/aromatic N) is 1. The van der Waals surface area contributed by atoms with E-state index in [1.807, 2.05) is 30.3 Å². The molecule has 2 aromatic carbocycles. The molecular weight excluding hydrogens is 368 g/mol. The molecule has 2 amide bonds. The van der Waals surface area contributed by atoms with Crippen LogP contribution in [-0.2, 0) is 16.0 Å². The topological polar surface area (TPSA) is 67.9 Å². The van der Waals surface area contributed by atoms with Crippen molar-refractivity contribution >= 4 is 11.8 Å². The fraction of sp³-hybridized carbons (Fsp3) is 0.391. The fourth-order valence-electron chi connectivity index (χ4n) is 3.88. The van der Waals surface area contributed by atoms with Gasteiger partial charge in [0, 0.05) is 13.1 Å². The van der Waals surface area contributed by atoms with Gasteiger partial charge in [-0.2, -0.15) is 0 Å². The van der Waals surface area contributed by atoms with Crippen LogP contribution < -0.4 is 14.8 Å². The quantitative estimate of drug-likeness (QED) is 0.809. The van der Waals surface area contributed by atoms with Crippen molar-refractivity contribution in [3.05, 3.63) is 60.2 Å². The molecule has 1 saturated heterocycles. The van der Waals surface area contributed by atoms with Gasteiger partial charge in [-0.15, -0.1) is 0 Å². The van der Waals surface area contributed by atoms with E-state index in [9.17, 15) is 9.59 Å². The Bertz CT molecular complexity index is 847. The molecular formula is C23H26N2O4. The molecule has 1 atom stereocenters. The van der Waals surface area contributed by atoms with Crippen LogP contribution in [0.3, 0.4) is 0 Å². The zero-order chi connectivity index (χ0) is 20.1. The molecule has 1 fully saturated rings. The normalized spacial score (nSPS) is 18.9. The lowest BCUT2D eigenvalue weighted by Crippen LogP contribution is -2.49. The van der Waals surface area contributed by atoms with Gasteiger partial charge in [-0.3, -0.25) is 9.59 Å². The summed E-state index contributed by atoms with van der Waals surface area (Å²) in [6.07, 6.45) is 2.56. The molecule has 152 valence electrons. The van der Waals surface area contributed by atoms with Crippen molar-refractivity contribution in [3.8, 4) is 11.5 Å². The number of para-hydroxylation sites is 2. The second-order valence-corrected chi connectivity index (χ2v) is 7.63. The van der Waals surface area contributed by atoms with Crippen molar-refractivity contribution in [2.45, 2.75) is 25.4 Å². The molecule has 29 heavy (non-hydrogen) atoms. The third-order valence-electron chi connectivity index (χ3n) is 5.52. The summed E-state index contributed by atoms with van der Waals surface area (Å²) in [7, 11) is 0. The third-order valence-corrected chi connectivity index (χ3v) is 5.52. The van der Waals surface area contributed by atoms with Crippen molar-refractivity contribution < 1.29 is 19.1 Å². The largest absolute Gasteiger partial charge is 0.486 e. The molecule has 0 spiro atoms. The number of hydrogen-bond acceptors (Lipinski definition) is 4. The van der Waals surface area contributed by atoms with Crippen LogP contribution in [0, 0.1) is 5.92 Å². The predicted octanol–water partition coefficient (Wildman–Crippen LogP) is 2.42. The van der Waals surface area contributed by atoms with Gasteiger partial charge >= 0.3 is 11.8 Å². The lowest BCUT2D eigenvalue weighted by Gasteiger charge is -2.32. The van der Waals surface area contributed by atoms with E-state index < -0.39 is 11.8 Å². The highest BCUT2D eigenvalue weighted by Gasteiger charge is 2.28. The Labute approximate surface area is 170 Å². The van der Waals surface area contributed by atoms with Crippen molar-refractivity contribution in [2.24, 2.45) is 5.92 Å². The number of carbonyl (C=O) groups is 2. The van der Waals surface area contributed by atoms with Crippen LogP contribution in [0.4, 0.5) is 0 Å². The highest BCUT2D eigenvalue weighted by atomic mass is 16.6. The van der Waals surface area contributed by atoms with Gasteiger partial charge in [0.15, 0.2) is 11.5 Å². The molecule has 0 saturated carbocycles. The SMILES string of the molecule is O=C(NCC1COc2ccccc2O1)C(=O)N1CCC(Cc2ccccc2)CC1. The zero-order valence-corrected chi connectivity index (χ0v) is 16.4. The number of piperidine rings is 1. The fourth-order valence-corrected chi connectivity index (χ4v) is 3.88. The van der Waals surface area contributed by atoms with E-state index in [4.69, 9.17) is 9.47 Å². The number of ether oxygens (including phenoxy) is 2. The monoisotopic (exact) mass is 394 g/mol. The molecule has 6 heteroatoms. The number of rotatable bonds is 4. The Hall–Kier alpha value is -3.02. The van der Waals surface area contributed by atoms with E-state index in [1.165, 1.54) is 5.56 Å². The number of benzene rings is 2. The van der Waals surface area contributed by atoms with E-state index in [2.05, 4.69) is 29.6 Å². The summed E-state index contributed by atoms with van der Waals surface area (Å²) in [4.78, 5) is 26.4. The molecule has 2 aliphatic rings. The molecule has 0 bridgehead atoms. The number of nitrogens with one attached hydrogen (secondary N) is 1. The molecule has 1 N–H and O–H groups in total. The molecule has 2 heterocycles. The molecule has 0 aliphatic carbocycles. The average molecular weight is 394 g/mol. The molecule has 4 rings (SSSR count). The number of fused-ring (bicyclic) bond motifs is 1. The summed E-state index contributed by atoms with van der Waals surface area (Å²) in [6, 6.07) is 17.8. The van der Waals surface area contributed by atoms with Crippen molar-refractivity contribution in [1.29, 1.82) is 0 Å². The summed E-state index contributed by atoms with van der Waals surface area (Å²) in [5, 5.41) is 2.70. The number of hydrogen-bond donors (Lipinski definition) is 1. The smallest absolute Gasteiger partial charge is 0.311 e. The molecule has 2 aromatic rings. The second-order valence-electron chi connectivity index (χ2n) is 7.63. The molecule has 6 nitrogen and oxygen atoms in total. The molecule has 2 aliphatic heterocycles. The molecule has 0 radical (unpaired) electrons. The third kappa shape index (κ3) is 4.88. The van der Waals surface area contributed by atoms with Gasteiger partial charge in [0.1, 0.15) is 12.7 Å². The lowest BCUT2D eigenvalue weighted by atomic mass is 9.90. The second kappa shape index (κ2) is 8.99. The van der Waals surface area contributed by atoms with Gasteiger partial charge in [0.25, 0.3) is 0 Å². The van der Waals surface area contributed by atoms with Crippen LogP contribution in [0.1, 0.15) is 18.4 Å². The van der Waals surface area contributed by atoms with E-state index in [-0.39, 0.29) is 12.6 Å². The summed E-state index contributed by atoms with van der Waals surface area (Å²) in [5.41, 5.74) is 1.33. The summed E-state index contributed by atoms with van der Waals surface area (Å²) >= 11 is 0. The van der Waals surface area contributed by atoms with Crippen LogP contribution >= 0.6 is 0 Å². The first-order chi connectivity index (χ1) is 14.2. The zero-order valence-electron chi connectivity index (χ0n) is 16.4. The van der Waals surface area contributed by atoms with Gasteiger partial charge in [0.2, 0.25) is 0 Å². The van der Waals surface area contributed by atoms with E-state index in [1.54, 1.807) is 4.90 Å². The predicted molar refractivity (Wildman–Crippen MR) is 109 cm³/mol. The van der Waals surface area contributed by atoms with Crippen LogP contribution in [0.15, 0.2) is 54.6 Å². The maximum Gasteiger partial charge on any atom is 0.311 e.